The predicted molar refractivity (Wildman–Crippen MR) is 91.7 cm³/mol. The van der Waals surface area contributed by atoms with Crippen molar-refractivity contribution in [1.29, 1.82) is 0 Å². The van der Waals surface area contributed by atoms with Crippen molar-refractivity contribution in [3.05, 3.63) is 35.1 Å². The number of fused-ring (bicyclic) bond motifs is 1. The molecule has 0 aromatic carbocycles. The van der Waals surface area contributed by atoms with Crippen LogP contribution in [0.1, 0.15) is 26.2 Å². The Labute approximate surface area is 144 Å². The summed E-state index contributed by atoms with van der Waals surface area (Å²) in [5.41, 5.74) is 0.221. The van der Waals surface area contributed by atoms with E-state index in [9.17, 15) is 4.39 Å². The van der Waals surface area contributed by atoms with Crippen LogP contribution in [-0.2, 0) is 0 Å². The van der Waals surface area contributed by atoms with Gasteiger partial charge in [0.25, 0.3) is 0 Å². The Bertz CT molecular complexity index is 767. The Morgan fingerprint density at radius 1 is 1.43 bits per heavy atom. The van der Waals surface area contributed by atoms with Crippen LogP contribution in [0.25, 0.3) is 10.9 Å². The number of allylic oxidation sites excluding steroid dienone is 1. The molecule has 0 bridgehead atoms. The highest BCUT2D eigenvalue weighted by Gasteiger charge is 2.31. The first-order valence-electron chi connectivity index (χ1n) is 7.47. The summed E-state index contributed by atoms with van der Waals surface area (Å²) in [6.45, 7) is 7.70. The molecule has 7 heteroatoms. The molecule has 3 rings (SSSR count). The van der Waals surface area contributed by atoms with Gasteiger partial charge >= 0.3 is 0 Å². The number of hydrogen-bond acceptors (Lipinski definition) is 4. The van der Waals surface area contributed by atoms with Crippen LogP contribution in [0, 0.1) is 11.2 Å². The first-order valence-corrected chi connectivity index (χ1v) is 8.22. The highest BCUT2D eigenvalue weighted by Crippen LogP contribution is 2.37. The summed E-state index contributed by atoms with van der Waals surface area (Å²) in [5.74, 6) is -0.0568. The summed E-state index contributed by atoms with van der Waals surface area (Å²) in [5, 5.41) is 0.317. The SMILES string of the molecule is C=CCC1(C)CCCN(c2nc(Cl)nc3c(F)c(Cl)ncc23)C1. The zero-order valence-electron chi connectivity index (χ0n) is 12.8. The molecule has 0 aliphatic carbocycles. The fraction of sp³-hybridized carbons (Fsp3) is 0.438. The predicted octanol–water partition coefficient (Wildman–Crippen LogP) is 4.65. The summed E-state index contributed by atoms with van der Waals surface area (Å²) in [4.78, 5) is 14.3. The van der Waals surface area contributed by atoms with Crippen molar-refractivity contribution in [2.45, 2.75) is 26.2 Å². The summed E-state index contributed by atoms with van der Waals surface area (Å²) in [6.07, 6.45) is 6.50. The summed E-state index contributed by atoms with van der Waals surface area (Å²) < 4.78 is 14.2. The third-order valence-corrected chi connectivity index (χ3v) is 4.74. The van der Waals surface area contributed by atoms with E-state index in [0.717, 1.165) is 32.4 Å². The van der Waals surface area contributed by atoms with Gasteiger partial charge in [-0.05, 0) is 36.3 Å². The van der Waals surface area contributed by atoms with Gasteiger partial charge < -0.3 is 4.90 Å². The zero-order chi connectivity index (χ0) is 16.6. The summed E-state index contributed by atoms with van der Waals surface area (Å²) in [6, 6.07) is 0. The maximum absolute atomic E-state index is 14.2. The molecule has 1 aliphatic heterocycles. The second-order valence-corrected chi connectivity index (χ2v) is 6.97. The average molecular weight is 355 g/mol. The minimum atomic E-state index is -0.666. The molecule has 0 radical (unpaired) electrons. The smallest absolute Gasteiger partial charge is 0.225 e. The van der Waals surface area contributed by atoms with Gasteiger partial charge in [0, 0.05) is 19.3 Å². The van der Waals surface area contributed by atoms with Crippen LogP contribution in [0.15, 0.2) is 18.9 Å². The maximum atomic E-state index is 14.2. The molecule has 23 heavy (non-hydrogen) atoms. The number of halogens is 3. The molecular formula is C16H17Cl2FN4. The van der Waals surface area contributed by atoms with Crippen LogP contribution < -0.4 is 4.90 Å². The van der Waals surface area contributed by atoms with Gasteiger partial charge in [0.15, 0.2) is 11.0 Å². The van der Waals surface area contributed by atoms with Crippen molar-refractivity contribution in [3.63, 3.8) is 0 Å². The lowest BCUT2D eigenvalue weighted by atomic mass is 9.79. The standard InChI is InChI=1S/C16H17Cl2FN4/c1-3-5-16(2)6-4-7-23(9-16)14-10-8-20-13(17)11(19)12(10)21-15(18)22-14/h3,8H,1,4-7,9H2,2H3. The van der Waals surface area contributed by atoms with Crippen LogP contribution in [0.4, 0.5) is 10.2 Å². The molecule has 2 aromatic heterocycles. The van der Waals surface area contributed by atoms with E-state index in [1.54, 1.807) is 0 Å². The third kappa shape index (κ3) is 3.12. The van der Waals surface area contributed by atoms with E-state index in [-0.39, 0.29) is 21.4 Å². The molecule has 4 nitrogen and oxygen atoms in total. The molecule has 0 amide bonds. The topological polar surface area (TPSA) is 41.9 Å². The fourth-order valence-corrected chi connectivity index (χ4v) is 3.55. The minimum absolute atomic E-state index is 0.00432. The van der Waals surface area contributed by atoms with E-state index >= 15 is 0 Å². The third-order valence-electron chi connectivity index (χ3n) is 4.31. The lowest BCUT2D eigenvalue weighted by Crippen LogP contribution is -2.42. The van der Waals surface area contributed by atoms with Crippen molar-refractivity contribution < 1.29 is 4.39 Å². The number of rotatable bonds is 3. The van der Waals surface area contributed by atoms with Crippen LogP contribution >= 0.6 is 23.2 Å². The van der Waals surface area contributed by atoms with Crippen LogP contribution in [0.3, 0.4) is 0 Å². The van der Waals surface area contributed by atoms with Crippen LogP contribution in [0.5, 0.6) is 0 Å². The van der Waals surface area contributed by atoms with Gasteiger partial charge in [0.1, 0.15) is 11.3 Å². The number of aromatic nitrogens is 3. The van der Waals surface area contributed by atoms with Gasteiger partial charge in [-0.1, -0.05) is 24.6 Å². The number of hydrogen-bond donors (Lipinski definition) is 0. The number of anilines is 1. The van der Waals surface area contributed by atoms with Gasteiger partial charge in [0.2, 0.25) is 5.28 Å². The lowest BCUT2D eigenvalue weighted by molar-refractivity contribution is 0.264. The van der Waals surface area contributed by atoms with Crippen molar-refractivity contribution in [2.75, 3.05) is 18.0 Å². The van der Waals surface area contributed by atoms with Gasteiger partial charge in [-0.3, -0.25) is 0 Å². The van der Waals surface area contributed by atoms with E-state index in [4.69, 9.17) is 23.2 Å². The Balaban J connectivity index is 2.09. The van der Waals surface area contributed by atoms with Gasteiger partial charge in [-0.15, -0.1) is 6.58 Å². The highest BCUT2D eigenvalue weighted by atomic mass is 35.5. The molecule has 0 spiro atoms. The first-order chi connectivity index (χ1) is 10.9. The second-order valence-electron chi connectivity index (χ2n) is 6.27. The fourth-order valence-electron chi connectivity index (χ4n) is 3.25. The van der Waals surface area contributed by atoms with E-state index in [1.165, 1.54) is 6.20 Å². The van der Waals surface area contributed by atoms with E-state index in [2.05, 4.69) is 33.4 Å². The molecule has 1 unspecified atom stereocenters. The molecule has 2 aromatic rings. The molecule has 1 saturated heterocycles. The molecule has 0 N–H and O–H groups in total. The Kier molecular flexibility index (Phi) is 4.43. The van der Waals surface area contributed by atoms with Gasteiger partial charge in [-0.2, -0.15) is 4.98 Å². The zero-order valence-corrected chi connectivity index (χ0v) is 14.3. The van der Waals surface area contributed by atoms with E-state index in [1.807, 2.05) is 6.08 Å². The van der Waals surface area contributed by atoms with Crippen molar-refractivity contribution in [1.82, 2.24) is 15.0 Å². The first kappa shape index (κ1) is 16.4. The van der Waals surface area contributed by atoms with Gasteiger partial charge in [0.05, 0.1) is 5.39 Å². The lowest BCUT2D eigenvalue weighted by Gasteiger charge is -2.41. The second kappa shape index (κ2) is 6.21. The summed E-state index contributed by atoms with van der Waals surface area (Å²) >= 11 is 11.8. The number of pyridine rings is 1. The molecule has 0 saturated carbocycles. The van der Waals surface area contributed by atoms with Gasteiger partial charge in [-0.25, -0.2) is 14.4 Å². The minimum Gasteiger partial charge on any atom is -0.355 e. The Morgan fingerprint density at radius 3 is 2.96 bits per heavy atom. The largest absolute Gasteiger partial charge is 0.355 e. The quantitative estimate of drug-likeness (QED) is 0.456. The monoisotopic (exact) mass is 354 g/mol. The molecule has 3 heterocycles. The molecule has 1 fully saturated rings. The van der Waals surface area contributed by atoms with Crippen molar-refractivity contribution in [2.24, 2.45) is 5.41 Å². The maximum Gasteiger partial charge on any atom is 0.225 e. The van der Waals surface area contributed by atoms with Crippen molar-refractivity contribution in [3.8, 4) is 0 Å². The number of piperidine rings is 1. The molecular weight excluding hydrogens is 338 g/mol. The Hall–Kier alpha value is -1.46. The molecule has 122 valence electrons. The van der Waals surface area contributed by atoms with Crippen LogP contribution in [0.2, 0.25) is 10.4 Å². The highest BCUT2D eigenvalue weighted by molar-refractivity contribution is 6.30. The summed E-state index contributed by atoms with van der Waals surface area (Å²) in [7, 11) is 0. The normalized spacial score (nSPS) is 21.7. The molecule has 1 atom stereocenters. The molecule has 1 aliphatic rings. The van der Waals surface area contributed by atoms with E-state index in [0.29, 0.717) is 11.2 Å². The van der Waals surface area contributed by atoms with Crippen LogP contribution in [-0.4, -0.2) is 28.0 Å². The number of nitrogens with zero attached hydrogens (tertiary/aromatic N) is 4. The van der Waals surface area contributed by atoms with E-state index < -0.39 is 5.82 Å². The average Bonchev–Trinajstić information content (AvgIpc) is 2.50. The van der Waals surface area contributed by atoms with Crippen molar-refractivity contribution >= 4 is 39.9 Å². The Morgan fingerprint density at radius 2 is 2.22 bits per heavy atom.